The summed E-state index contributed by atoms with van der Waals surface area (Å²) in [5, 5.41) is 3.05. The molecule has 7 heteroatoms. The molecule has 0 saturated carbocycles. The Labute approximate surface area is 195 Å². The summed E-state index contributed by atoms with van der Waals surface area (Å²) < 4.78 is 17.4. The molecular weight excluding hydrogens is 422 g/mol. The van der Waals surface area contributed by atoms with Crippen molar-refractivity contribution in [1.82, 2.24) is 5.32 Å². The number of hydrogen-bond acceptors (Lipinski definition) is 5. The molecule has 0 spiro atoms. The fourth-order valence-corrected chi connectivity index (χ4v) is 4.38. The van der Waals surface area contributed by atoms with Crippen LogP contribution in [-0.2, 0) is 18.7 Å². The fourth-order valence-electron chi connectivity index (χ4n) is 3.02. The smallest absolute Gasteiger partial charge is 0.408 e. The van der Waals surface area contributed by atoms with Crippen LogP contribution in [0, 0.1) is 0 Å². The van der Waals surface area contributed by atoms with Gasteiger partial charge in [0.25, 0.3) is 0 Å². The maximum atomic E-state index is 12.7. The zero-order valence-corrected chi connectivity index (χ0v) is 22.4. The van der Waals surface area contributed by atoms with E-state index < -0.39 is 26.1 Å². The number of nitrogens with one attached hydrogen (secondary N) is 1. The standard InChI is InChI=1S/C25H43NO5Si/c1-10-29-21(27)18-14-17-20(31-32(8,9)25(5,6)7)22(19-15-12-11-13-16-19)26-23(28)30-24(2,3)4/h11-13,15-16,20,22H,10,14,17-18H2,1-9H3,(H,26,28)/t20-,22+/m0/s1. The molecule has 0 aliphatic heterocycles. The van der Waals surface area contributed by atoms with Gasteiger partial charge in [-0.2, -0.15) is 0 Å². The maximum Gasteiger partial charge on any atom is 0.408 e. The Morgan fingerprint density at radius 1 is 1.03 bits per heavy atom. The van der Waals surface area contributed by atoms with Gasteiger partial charge in [0.1, 0.15) is 5.60 Å². The first-order chi connectivity index (χ1) is 14.7. The lowest BCUT2D eigenvalue weighted by molar-refractivity contribution is -0.143. The summed E-state index contributed by atoms with van der Waals surface area (Å²) in [6.45, 7) is 18.6. The molecule has 0 heterocycles. The number of amides is 1. The molecular formula is C25H43NO5Si. The van der Waals surface area contributed by atoms with Crippen molar-refractivity contribution < 1.29 is 23.5 Å². The molecule has 0 fully saturated rings. The third-order valence-electron chi connectivity index (χ3n) is 5.63. The van der Waals surface area contributed by atoms with Gasteiger partial charge in [-0.3, -0.25) is 4.79 Å². The maximum absolute atomic E-state index is 12.7. The molecule has 1 N–H and O–H groups in total. The van der Waals surface area contributed by atoms with E-state index in [-0.39, 0.29) is 17.1 Å². The van der Waals surface area contributed by atoms with Gasteiger partial charge in [0.2, 0.25) is 0 Å². The summed E-state index contributed by atoms with van der Waals surface area (Å²) >= 11 is 0. The molecule has 0 unspecified atom stereocenters. The number of hydrogen-bond donors (Lipinski definition) is 1. The van der Waals surface area contributed by atoms with Crippen molar-refractivity contribution in [3.8, 4) is 0 Å². The van der Waals surface area contributed by atoms with Crippen LogP contribution in [0.2, 0.25) is 18.1 Å². The minimum atomic E-state index is -2.16. The molecule has 1 aromatic rings. The first kappa shape index (κ1) is 28.2. The highest BCUT2D eigenvalue weighted by Crippen LogP contribution is 2.39. The van der Waals surface area contributed by atoms with Crippen molar-refractivity contribution >= 4 is 20.4 Å². The second kappa shape index (κ2) is 11.8. The molecule has 1 amide bonds. The van der Waals surface area contributed by atoms with Crippen LogP contribution in [0.4, 0.5) is 4.79 Å². The van der Waals surface area contributed by atoms with Gasteiger partial charge in [0.15, 0.2) is 8.32 Å². The molecule has 182 valence electrons. The number of esters is 1. The largest absolute Gasteiger partial charge is 0.466 e. The van der Waals surface area contributed by atoms with Gasteiger partial charge in [0.05, 0.1) is 18.8 Å². The van der Waals surface area contributed by atoms with E-state index in [1.807, 2.05) is 51.1 Å². The number of rotatable bonds is 10. The van der Waals surface area contributed by atoms with Crippen molar-refractivity contribution in [2.45, 2.75) is 104 Å². The molecule has 32 heavy (non-hydrogen) atoms. The molecule has 0 saturated heterocycles. The normalized spacial score (nSPS) is 14.4. The van der Waals surface area contributed by atoms with E-state index in [0.29, 0.717) is 25.9 Å². The highest BCUT2D eigenvalue weighted by atomic mass is 28.4. The van der Waals surface area contributed by atoms with Crippen LogP contribution in [0.25, 0.3) is 0 Å². The molecule has 6 nitrogen and oxygen atoms in total. The summed E-state index contributed by atoms with van der Waals surface area (Å²) in [5.41, 5.74) is 0.337. The molecule has 0 radical (unpaired) electrons. The Bertz CT molecular complexity index is 722. The van der Waals surface area contributed by atoms with Gasteiger partial charge in [0, 0.05) is 6.42 Å². The van der Waals surface area contributed by atoms with Gasteiger partial charge in [-0.1, -0.05) is 51.1 Å². The Morgan fingerprint density at radius 3 is 2.12 bits per heavy atom. The first-order valence-electron chi connectivity index (χ1n) is 11.5. The van der Waals surface area contributed by atoms with E-state index >= 15 is 0 Å². The summed E-state index contributed by atoms with van der Waals surface area (Å²) in [6, 6.07) is 9.40. The second-order valence-corrected chi connectivity index (χ2v) is 15.4. The lowest BCUT2D eigenvalue weighted by Crippen LogP contribution is -2.48. The minimum Gasteiger partial charge on any atom is -0.466 e. The van der Waals surface area contributed by atoms with Gasteiger partial charge < -0.3 is 19.2 Å². The molecule has 0 aromatic heterocycles. The molecule has 1 aromatic carbocycles. The lowest BCUT2D eigenvalue weighted by atomic mass is 9.97. The van der Waals surface area contributed by atoms with Gasteiger partial charge in [-0.15, -0.1) is 0 Å². The van der Waals surface area contributed by atoms with Crippen LogP contribution in [0.1, 0.15) is 79.3 Å². The Balaban J connectivity index is 3.22. The summed E-state index contributed by atoms with van der Waals surface area (Å²) in [7, 11) is -2.16. The summed E-state index contributed by atoms with van der Waals surface area (Å²) in [4.78, 5) is 24.6. The highest BCUT2D eigenvalue weighted by molar-refractivity contribution is 6.74. The fraction of sp³-hybridized carbons (Fsp3) is 0.680. The predicted octanol–water partition coefficient (Wildman–Crippen LogP) is 6.38. The first-order valence-corrected chi connectivity index (χ1v) is 14.4. The number of carbonyl (C=O) groups is 2. The zero-order valence-electron chi connectivity index (χ0n) is 21.4. The Morgan fingerprint density at radius 2 is 1.62 bits per heavy atom. The Hall–Kier alpha value is -1.86. The predicted molar refractivity (Wildman–Crippen MR) is 131 cm³/mol. The molecule has 1 rings (SSSR count). The quantitative estimate of drug-likeness (QED) is 0.321. The molecule has 2 atom stereocenters. The number of carbonyl (C=O) groups excluding carboxylic acids is 2. The van der Waals surface area contributed by atoms with Crippen molar-refractivity contribution in [2.24, 2.45) is 0 Å². The number of benzene rings is 1. The van der Waals surface area contributed by atoms with Crippen molar-refractivity contribution in [1.29, 1.82) is 0 Å². The van der Waals surface area contributed by atoms with Gasteiger partial charge in [-0.25, -0.2) is 4.79 Å². The molecule has 0 bridgehead atoms. The van der Waals surface area contributed by atoms with E-state index in [1.54, 1.807) is 6.92 Å². The summed E-state index contributed by atoms with van der Waals surface area (Å²) in [5.74, 6) is -0.213. The van der Waals surface area contributed by atoms with Crippen LogP contribution in [-0.4, -0.2) is 38.7 Å². The van der Waals surface area contributed by atoms with E-state index in [0.717, 1.165) is 5.56 Å². The van der Waals surface area contributed by atoms with E-state index in [2.05, 4.69) is 39.2 Å². The zero-order chi connectivity index (χ0) is 24.6. The third-order valence-corrected chi connectivity index (χ3v) is 10.1. The van der Waals surface area contributed by atoms with Crippen LogP contribution in [0.5, 0.6) is 0 Å². The van der Waals surface area contributed by atoms with Crippen LogP contribution in [0.3, 0.4) is 0 Å². The number of ether oxygens (including phenoxy) is 2. The summed E-state index contributed by atoms with van der Waals surface area (Å²) in [6.07, 6.45) is 0.748. The van der Waals surface area contributed by atoms with Gasteiger partial charge >= 0.3 is 12.1 Å². The highest BCUT2D eigenvalue weighted by Gasteiger charge is 2.41. The average Bonchev–Trinajstić information content (AvgIpc) is 2.64. The van der Waals surface area contributed by atoms with Crippen molar-refractivity contribution in [3.05, 3.63) is 35.9 Å². The monoisotopic (exact) mass is 465 g/mol. The van der Waals surface area contributed by atoms with Crippen molar-refractivity contribution in [2.75, 3.05) is 6.61 Å². The van der Waals surface area contributed by atoms with E-state index in [9.17, 15) is 9.59 Å². The van der Waals surface area contributed by atoms with Crippen LogP contribution < -0.4 is 5.32 Å². The molecule has 0 aliphatic carbocycles. The van der Waals surface area contributed by atoms with E-state index in [1.165, 1.54) is 0 Å². The minimum absolute atomic E-state index is 0.000449. The van der Waals surface area contributed by atoms with Crippen molar-refractivity contribution in [3.63, 3.8) is 0 Å². The molecule has 0 aliphatic rings. The number of alkyl carbamates (subject to hydrolysis) is 1. The topological polar surface area (TPSA) is 73.9 Å². The average molecular weight is 466 g/mol. The third kappa shape index (κ3) is 9.73. The SMILES string of the molecule is CCOC(=O)CCC[C@H](O[Si](C)(C)C(C)(C)C)[C@H](NC(=O)OC(C)(C)C)c1ccccc1. The van der Waals surface area contributed by atoms with E-state index in [4.69, 9.17) is 13.9 Å². The second-order valence-electron chi connectivity index (χ2n) is 10.6. The van der Waals surface area contributed by atoms with Crippen LogP contribution in [0.15, 0.2) is 30.3 Å². The lowest BCUT2D eigenvalue weighted by Gasteiger charge is -2.42. The Kier molecular flexibility index (Phi) is 10.4. The van der Waals surface area contributed by atoms with Crippen LogP contribution >= 0.6 is 0 Å². The van der Waals surface area contributed by atoms with Gasteiger partial charge in [-0.05, 0) is 64.2 Å².